The van der Waals surface area contributed by atoms with Crippen molar-refractivity contribution < 1.29 is 9.53 Å². The molecule has 24 heavy (non-hydrogen) atoms. The average Bonchev–Trinajstić information content (AvgIpc) is 3.34. The lowest BCUT2D eigenvalue weighted by molar-refractivity contribution is -0.146. The summed E-state index contributed by atoms with van der Waals surface area (Å²) in [4.78, 5) is 12.2. The van der Waals surface area contributed by atoms with Gasteiger partial charge in [0.1, 0.15) is 6.61 Å². The molecule has 126 valence electrons. The summed E-state index contributed by atoms with van der Waals surface area (Å²) in [5, 5.41) is 0. The summed E-state index contributed by atoms with van der Waals surface area (Å²) >= 11 is 3.40. The maximum atomic E-state index is 12.2. The van der Waals surface area contributed by atoms with Crippen LogP contribution in [0.3, 0.4) is 0 Å². The highest BCUT2D eigenvalue weighted by molar-refractivity contribution is 9.10. The Morgan fingerprint density at radius 2 is 1.71 bits per heavy atom. The van der Waals surface area contributed by atoms with Gasteiger partial charge in [-0.2, -0.15) is 0 Å². The number of ether oxygens (including phenoxy) is 1. The van der Waals surface area contributed by atoms with E-state index >= 15 is 0 Å². The lowest BCUT2D eigenvalue weighted by atomic mass is 9.86. The lowest BCUT2D eigenvalue weighted by Gasteiger charge is -2.19. The van der Waals surface area contributed by atoms with Crippen LogP contribution in [-0.4, -0.2) is 5.97 Å². The Morgan fingerprint density at radius 3 is 2.29 bits per heavy atom. The molecule has 0 bridgehead atoms. The van der Waals surface area contributed by atoms with E-state index in [-0.39, 0.29) is 17.3 Å². The zero-order valence-corrected chi connectivity index (χ0v) is 16.0. The largest absolute Gasteiger partial charge is 0.461 e. The molecular formula is C21H23BrO2. The van der Waals surface area contributed by atoms with Gasteiger partial charge < -0.3 is 4.74 Å². The Kier molecular flexibility index (Phi) is 4.82. The van der Waals surface area contributed by atoms with E-state index < -0.39 is 0 Å². The summed E-state index contributed by atoms with van der Waals surface area (Å²) in [5.74, 6) is 0.250. The molecule has 1 fully saturated rings. The molecule has 0 spiro atoms. The fourth-order valence-corrected chi connectivity index (χ4v) is 3.16. The minimum Gasteiger partial charge on any atom is -0.461 e. The van der Waals surface area contributed by atoms with E-state index in [2.05, 4.69) is 61.0 Å². The predicted molar refractivity (Wildman–Crippen MR) is 99.9 cm³/mol. The number of esters is 1. The minimum atomic E-state index is -0.0807. The first kappa shape index (κ1) is 17.2. The molecule has 0 N–H and O–H groups in total. The van der Waals surface area contributed by atoms with Crippen LogP contribution in [0.4, 0.5) is 0 Å². The maximum absolute atomic E-state index is 12.2. The summed E-state index contributed by atoms with van der Waals surface area (Å²) in [6.45, 7) is 6.97. The van der Waals surface area contributed by atoms with Crippen LogP contribution < -0.4 is 0 Å². The Labute approximate surface area is 152 Å². The number of benzene rings is 2. The molecule has 0 aliphatic heterocycles. The summed E-state index contributed by atoms with van der Waals surface area (Å²) in [7, 11) is 0. The van der Waals surface area contributed by atoms with Gasteiger partial charge in [-0.3, -0.25) is 4.79 Å². The van der Waals surface area contributed by atoms with E-state index in [0.717, 1.165) is 16.5 Å². The van der Waals surface area contributed by atoms with Gasteiger partial charge in [-0.05, 0) is 46.6 Å². The zero-order chi connectivity index (χ0) is 17.3. The normalized spacial score (nSPS) is 19.8. The maximum Gasteiger partial charge on any atom is 0.309 e. The van der Waals surface area contributed by atoms with E-state index in [0.29, 0.717) is 12.5 Å². The van der Waals surface area contributed by atoms with Crippen molar-refractivity contribution in [3.8, 4) is 0 Å². The number of carbonyl (C=O) groups excluding carboxylic acids is 1. The monoisotopic (exact) mass is 386 g/mol. The third-order valence-corrected chi connectivity index (χ3v) is 5.12. The summed E-state index contributed by atoms with van der Waals surface area (Å²) in [6, 6.07) is 16.5. The first-order chi connectivity index (χ1) is 11.3. The van der Waals surface area contributed by atoms with E-state index in [1.165, 1.54) is 11.1 Å². The topological polar surface area (TPSA) is 26.3 Å². The highest BCUT2D eigenvalue weighted by Crippen LogP contribution is 2.48. The van der Waals surface area contributed by atoms with Crippen LogP contribution in [0.1, 0.15) is 49.8 Å². The number of hydrogen-bond donors (Lipinski definition) is 0. The van der Waals surface area contributed by atoms with Crippen molar-refractivity contribution in [3.63, 3.8) is 0 Å². The summed E-state index contributed by atoms with van der Waals surface area (Å²) in [6.07, 6.45) is 0.897. The number of halogens is 1. The highest BCUT2D eigenvalue weighted by Gasteiger charge is 2.45. The van der Waals surface area contributed by atoms with Gasteiger partial charge in [0, 0.05) is 4.47 Å². The molecule has 0 radical (unpaired) electrons. The van der Waals surface area contributed by atoms with Crippen LogP contribution in [0, 0.1) is 5.92 Å². The molecule has 0 amide bonds. The fourth-order valence-electron chi connectivity index (χ4n) is 2.90. The second-order valence-corrected chi connectivity index (χ2v) is 8.47. The SMILES string of the molecule is CC(C)(C)c1ccc([C@H]2C[C@@H]2C(=O)OCc2ccc(Br)cc2)cc1. The molecule has 0 unspecified atom stereocenters. The number of carbonyl (C=O) groups is 1. The Morgan fingerprint density at radius 1 is 1.08 bits per heavy atom. The predicted octanol–water partition coefficient (Wildman–Crippen LogP) is 5.59. The van der Waals surface area contributed by atoms with Crippen LogP contribution in [0.25, 0.3) is 0 Å². The summed E-state index contributed by atoms with van der Waals surface area (Å²) in [5.41, 5.74) is 3.73. The molecular weight excluding hydrogens is 364 g/mol. The molecule has 3 heteroatoms. The van der Waals surface area contributed by atoms with Crippen molar-refractivity contribution in [2.45, 2.75) is 45.1 Å². The molecule has 1 aliphatic carbocycles. The third-order valence-electron chi connectivity index (χ3n) is 4.59. The molecule has 2 nitrogen and oxygen atoms in total. The molecule has 1 aliphatic rings. The van der Waals surface area contributed by atoms with Crippen LogP contribution >= 0.6 is 15.9 Å². The number of hydrogen-bond acceptors (Lipinski definition) is 2. The molecule has 1 saturated carbocycles. The van der Waals surface area contributed by atoms with Crippen LogP contribution in [-0.2, 0) is 21.6 Å². The van der Waals surface area contributed by atoms with Gasteiger partial charge in [0.2, 0.25) is 0 Å². The zero-order valence-electron chi connectivity index (χ0n) is 14.4. The first-order valence-corrected chi connectivity index (χ1v) is 9.15. The van der Waals surface area contributed by atoms with Gasteiger partial charge in [0.15, 0.2) is 0 Å². The molecule has 0 aromatic heterocycles. The summed E-state index contributed by atoms with van der Waals surface area (Å²) < 4.78 is 6.49. The van der Waals surface area contributed by atoms with E-state index in [9.17, 15) is 4.79 Å². The van der Waals surface area contributed by atoms with E-state index in [1.807, 2.05) is 24.3 Å². The van der Waals surface area contributed by atoms with Gasteiger partial charge in [-0.25, -0.2) is 0 Å². The molecule has 3 rings (SSSR count). The van der Waals surface area contributed by atoms with Crippen molar-refractivity contribution in [2.75, 3.05) is 0 Å². The van der Waals surface area contributed by atoms with E-state index in [1.54, 1.807) is 0 Å². The van der Waals surface area contributed by atoms with Crippen LogP contribution in [0.15, 0.2) is 53.0 Å². The first-order valence-electron chi connectivity index (χ1n) is 8.36. The van der Waals surface area contributed by atoms with Crippen molar-refractivity contribution in [1.29, 1.82) is 0 Å². The standard InChI is InChI=1S/C21H23BrO2/c1-21(2,3)16-8-6-15(7-9-16)18-12-19(18)20(23)24-13-14-4-10-17(22)11-5-14/h4-11,18-19H,12-13H2,1-3H3/t18-,19+/m1/s1. The van der Waals surface area contributed by atoms with Crippen LogP contribution in [0.2, 0.25) is 0 Å². The smallest absolute Gasteiger partial charge is 0.309 e. The van der Waals surface area contributed by atoms with Gasteiger partial charge in [-0.1, -0.05) is 73.1 Å². The van der Waals surface area contributed by atoms with Gasteiger partial charge in [-0.15, -0.1) is 0 Å². The molecule has 2 aromatic rings. The fraction of sp³-hybridized carbons (Fsp3) is 0.381. The average molecular weight is 387 g/mol. The lowest BCUT2D eigenvalue weighted by Crippen LogP contribution is -2.11. The Balaban J connectivity index is 1.54. The second kappa shape index (κ2) is 6.72. The Bertz CT molecular complexity index is 711. The van der Waals surface area contributed by atoms with Gasteiger partial charge >= 0.3 is 5.97 Å². The van der Waals surface area contributed by atoms with Crippen molar-refractivity contribution in [3.05, 3.63) is 69.7 Å². The molecule has 0 heterocycles. The van der Waals surface area contributed by atoms with Crippen molar-refractivity contribution in [2.24, 2.45) is 5.92 Å². The van der Waals surface area contributed by atoms with E-state index in [4.69, 9.17) is 4.74 Å². The van der Waals surface area contributed by atoms with Crippen molar-refractivity contribution in [1.82, 2.24) is 0 Å². The van der Waals surface area contributed by atoms with Crippen molar-refractivity contribution >= 4 is 21.9 Å². The molecule has 0 saturated heterocycles. The Hall–Kier alpha value is -1.61. The minimum absolute atomic E-state index is 0.0148. The quantitative estimate of drug-likeness (QED) is 0.639. The second-order valence-electron chi connectivity index (χ2n) is 7.55. The van der Waals surface area contributed by atoms with Crippen LogP contribution in [0.5, 0.6) is 0 Å². The van der Waals surface area contributed by atoms with Gasteiger partial charge in [0.25, 0.3) is 0 Å². The molecule has 2 aromatic carbocycles. The third kappa shape index (κ3) is 4.07. The van der Waals surface area contributed by atoms with Gasteiger partial charge in [0.05, 0.1) is 5.92 Å². The number of rotatable bonds is 4. The highest BCUT2D eigenvalue weighted by atomic mass is 79.9. The molecule has 2 atom stereocenters.